The van der Waals surface area contributed by atoms with E-state index >= 15 is 0 Å². The zero-order chi connectivity index (χ0) is 28.2. The van der Waals surface area contributed by atoms with Crippen LogP contribution in [0.15, 0.2) is 23.8 Å². The first-order chi connectivity index (χ1) is 19.1. The third-order valence-corrected chi connectivity index (χ3v) is 8.86. The van der Waals surface area contributed by atoms with Crippen molar-refractivity contribution in [3.05, 3.63) is 29.3 Å². The average Bonchev–Trinajstić information content (AvgIpc) is 3.68. The van der Waals surface area contributed by atoms with Crippen LogP contribution >= 0.6 is 17.9 Å². The standard InChI is InChI=1S/C20H25N10O7PS2/c21-15-13-16(24-5-23-15)29(6-25-13)12-2-9(32)11(36-12)4-34-38(39,40)37-10-1-8(3-31)35-19(10)30-7-26-14-17(30)27-20(22)28-18(14)33/h5-12,19,31-32H,1-4H2,(H,39,40)(H2,21,23,24)(H3,22,27,28,33)/t8-,9-,10+,11+,12+,19+/m0/s1. The Morgan fingerprint density at radius 1 is 1.15 bits per heavy atom. The number of nitrogen functional groups attached to an aromatic ring is 2. The predicted octanol–water partition coefficient (Wildman–Crippen LogP) is -0.392. The third-order valence-electron chi connectivity index (χ3n) is 6.65. The molecule has 6 rings (SSSR count). The molecule has 2 aliphatic rings. The number of aromatic nitrogens is 8. The van der Waals surface area contributed by atoms with E-state index < -0.39 is 48.1 Å². The highest BCUT2D eigenvalue weighted by atomic mass is 32.9. The fraction of sp³-hybridized carbons (Fsp3) is 0.500. The Labute approximate surface area is 235 Å². The molecule has 7 N–H and O–H groups in total. The molecule has 20 heteroatoms. The van der Waals surface area contributed by atoms with Gasteiger partial charge in [-0.25, -0.2) is 19.9 Å². The predicted molar refractivity (Wildman–Crippen MR) is 147 cm³/mol. The van der Waals surface area contributed by atoms with Gasteiger partial charge in [-0.3, -0.25) is 18.9 Å². The molecule has 214 valence electrons. The number of aliphatic hydroxyl groups is 2. The lowest BCUT2D eigenvalue weighted by atomic mass is 10.2. The summed E-state index contributed by atoms with van der Waals surface area (Å²) in [6.45, 7) is -0.385. The van der Waals surface area contributed by atoms with Crippen LogP contribution < -0.4 is 17.0 Å². The van der Waals surface area contributed by atoms with Crippen molar-refractivity contribution in [1.82, 2.24) is 39.0 Å². The zero-order valence-electron chi connectivity index (χ0n) is 20.5. The Morgan fingerprint density at radius 2 is 1.93 bits per heavy atom. The summed E-state index contributed by atoms with van der Waals surface area (Å²) in [6.07, 6.45) is 0.372. The van der Waals surface area contributed by atoms with E-state index in [0.717, 1.165) is 0 Å². The van der Waals surface area contributed by atoms with Crippen LogP contribution in [0.5, 0.6) is 0 Å². The van der Waals surface area contributed by atoms with E-state index in [-0.39, 0.29) is 49.0 Å². The van der Waals surface area contributed by atoms with Gasteiger partial charge in [0.25, 0.3) is 5.56 Å². The molecule has 17 nitrogen and oxygen atoms in total. The largest absolute Gasteiger partial charge is 0.394 e. The second-order valence-corrected chi connectivity index (χ2v) is 14.5. The van der Waals surface area contributed by atoms with E-state index in [1.807, 2.05) is 0 Å². The third kappa shape index (κ3) is 5.08. The summed E-state index contributed by atoms with van der Waals surface area (Å²) in [4.78, 5) is 35.3. The van der Waals surface area contributed by atoms with Gasteiger partial charge >= 0.3 is 0 Å². The molecular formula is C20H25N10O7PS2. The van der Waals surface area contributed by atoms with Gasteiger partial charge in [0, 0.05) is 12.8 Å². The molecule has 4 aromatic rings. The maximum Gasteiger partial charge on any atom is 0.280 e. The second kappa shape index (κ2) is 10.6. The summed E-state index contributed by atoms with van der Waals surface area (Å²) in [6, 6.07) is 0. The summed E-state index contributed by atoms with van der Waals surface area (Å²) < 4.78 is 27.1. The number of nitrogens with two attached hydrogens (primary N) is 2. The highest BCUT2D eigenvalue weighted by Crippen LogP contribution is 2.57. The Kier molecular flexibility index (Phi) is 7.26. The monoisotopic (exact) mass is 612 g/mol. The SMILES string of the molecule is Nc1nc2c(ncn2[C@@H]2O[C@H](CO)C[C@H]2OP(=S)(S)OC[C@H]2O[C@@H](n3cnc4c(N)ncnc43)C[C@@H]2O)c(=O)[nH]1. The van der Waals surface area contributed by atoms with Gasteiger partial charge in [0.15, 0.2) is 28.9 Å². The molecule has 0 amide bonds. The molecule has 2 saturated heterocycles. The highest BCUT2D eigenvalue weighted by Gasteiger charge is 2.42. The smallest absolute Gasteiger partial charge is 0.280 e. The van der Waals surface area contributed by atoms with Gasteiger partial charge in [-0.15, -0.1) is 0 Å². The average molecular weight is 613 g/mol. The Balaban J connectivity index is 1.15. The van der Waals surface area contributed by atoms with E-state index in [9.17, 15) is 15.0 Å². The molecule has 4 aromatic heterocycles. The normalized spacial score (nSPS) is 28.5. The molecule has 2 fully saturated rings. The van der Waals surface area contributed by atoms with Gasteiger partial charge in [0.05, 0.1) is 38.1 Å². The van der Waals surface area contributed by atoms with Gasteiger partial charge in [0.1, 0.15) is 30.3 Å². The summed E-state index contributed by atoms with van der Waals surface area (Å²) >= 11 is 10.0. The maximum absolute atomic E-state index is 12.2. The molecule has 0 saturated carbocycles. The van der Waals surface area contributed by atoms with Gasteiger partial charge in [-0.2, -0.15) is 4.98 Å². The fourth-order valence-electron chi connectivity index (χ4n) is 4.79. The number of nitrogens with zero attached hydrogens (tertiary/aromatic N) is 7. The van der Waals surface area contributed by atoms with Crippen molar-refractivity contribution in [3.63, 3.8) is 0 Å². The Bertz CT molecular complexity index is 1670. The highest BCUT2D eigenvalue weighted by molar-refractivity contribution is 8.60. The van der Waals surface area contributed by atoms with Crippen molar-refractivity contribution in [3.8, 4) is 0 Å². The van der Waals surface area contributed by atoms with E-state index in [1.54, 1.807) is 4.57 Å². The van der Waals surface area contributed by atoms with E-state index in [2.05, 4.69) is 42.2 Å². The van der Waals surface area contributed by atoms with Gasteiger partial charge in [-0.05, 0) is 11.8 Å². The van der Waals surface area contributed by atoms with E-state index in [4.69, 9.17) is 41.8 Å². The van der Waals surface area contributed by atoms with Crippen molar-refractivity contribution in [1.29, 1.82) is 0 Å². The van der Waals surface area contributed by atoms with Gasteiger partial charge in [0.2, 0.25) is 11.6 Å². The number of nitrogens with one attached hydrogen (secondary N) is 1. The number of fused-ring (bicyclic) bond motifs is 2. The maximum atomic E-state index is 12.2. The molecule has 0 aliphatic carbocycles. The van der Waals surface area contributed by atoms with Gasteiger partial charge in [-0.1, -0.05) is 12.2 Å². The van der Waals surface area contributed by atoms with Gasteiger partial charge < -0.3 is 40.2 Å². The molecule has 7 atom stereocenters. The summed E-state index contributed by atoms with van der Waals surface area (Å²) in [5, 5.41) is 20.4. The van der Waals surface area contributed by atoms with Crippen LogP contribution in [-0.4, -0.2) is 86.9 Å². The molecule has 0 radical (unpaired) electrons. The number of thiol groups is 1. The number of aromatic amines is 1. The van der Waals surface area contributed by atoms with Crippen LogP contribution in [0.4, 0.5) is 11.8 Å². The Morgan fingerprint density at radius 3 is 2.73 bits per heavy atom. The van der Waals surface area contributed by atoms with E-state index in [0.29, 0.717) is 11.2 Å². The van der Waals surface area contributed by atoms with Crippen molar-refractivity contribution in [2.45, 2.75) is 49.7 Å². The number of hydrogen-bond acceptors (Lipinski definition) is 15. The first-order valence-corrected chi connectivity index (χ1v) is 15.8. The number of anilines is 2. The number of H-pyrrole nitrogens is 1. The fourth-order valence-corrected chi connectivity index (χ4v) is 6.79. The lowest BCUT2D eigenvalue weighted by Crippen LogP contribution is -2.27. The van der Waals surface area contributed by atoms with Crippen LogP contribution in [-0.2, 0) is 30.3 Å². The van der Waals surface area contributed by atoms with Crippen molar-refractivity contribution < 1.29 is 28.7 Å². The van der Waals surface area contributed by atoms with Crippen molar-refractivity contribution in [2.24, 2.45) is 0 Å². The minimum Gasteiger partial charge on any atom is -0.394 e. The number of hydrogen-bond donors (Lipinski definition) is 6. The number of imidazole rings is 2. The molecule has 40 heavy (non-hydrogen) atoms. The van der Waals surface area contributed by atoms with Crippen LogP contribution in [0.25, 0.3) is 22.3 Å². The topological polar surface area (TPSA) is 237 Å². The minimum atomic E-state index is -3.23. The zero-order valence-corrected chi connectivity index (χ0v) is 23.2. The number of ether oxygens (including phenoxy) is 2. The Hall–Kier alpha value is -2.74. The molecule has 6 heterocycles. The van der Waals surface area contributed by atoms with Crippen LogP contribution in [0.2, 0.25) is 0 Å². The first-order valence-electron chi connectivity index (χ1n) is 12.0. The molecule has 0 bridgehead atoms. The molecule has 2 aliphatic heterocycles. The minimum absolute atomic E-state index is 0.0623. The second-order valence-electron chi connectivity index (χ2n) is 9.27. The first kappa shape index (κ1) is 27.4. The number of aliphatic hydroxyl groups excluding tert-OH is 2. The quantitative estimate of drug-likeness (QED) is 0.110. The van der Waals surface area contributed by atoms with Crippen LogP contribution in [0.1, 0.15) is 25.3 Å². The molecule has 0 aromatic carbocycles. The molecule has 1 unspecified atom stereocenters. The van der Waals surface area contributed by atoms with Crippen LogP contribution in [0, 0.1) is 0 Å². The lowest BCUT2D eigenvalue weighted by molar-refractivity contribution is -0.0492. The van der Waals surface area contributed by atoms with Crippen LogP contribution in [0.3, 0.4) is 0 Å². The molecule has 0 spiro atoms. The summed E-state index contributed by atoms with van der Waals surface area (Å²) in [5.41, 5.74) is 8.99. The number of rotatable bonds is 8. The van der Waals surface area contributed by atoms with Crippen molar-refractivity contribution in [2.75, 3.05) is 24.7 Å². The summed E-state index contributed by atoms with van der Waals surface area (Å²) in [7, 11) is 0. The lowest BCUT2D eigenvalue weighted by Gasteiger charge is -2.26. The van der Waals surface area contributed by atoms with Crippen molar-refractivity contribution >= 4 is 63.8 Å². The van der Waals surface area contributed by atoms with E-state index in [1.165, 1.54) is 23.5 Å². The molecular weight excluding hydrogens is 587 g/mol. The summed E-state index contributed by atoms with van der Waals surface area (Å²) in [5.74, 6) is 0.145.